The van der Waals surface area contributed by atoms with Crippen LogP contribution in [-0.4, -0.2) is 51.2 Å². The minimum absolute atomic E-state index is 0.237. The normalized spacial score (nSPS) is 13.8. The Labute approximate surface area is 182 Å². The molecular formula is C24H28N2O5. The summed E-state index contributed by atoms with van der Waals surface area (Å²) in [5.74, 6) is 0.464. The summed E-state index contributed by atoms with van der Waals surface area (Å²) < 4.78 is 15.7. The lowest BCUT2D eigenvalue weighted by Gasteiger charge is -2.15. The third-order valence-electron chi connectivity index (χ3n) is 5.31. The molecule has 164 valence electrons. The SMILES string of the molecule is COCCCN1C(=O)C(Nc2cc(OC)cc(OC)c2)=C(c2ccc(C)c(C)c2)C1=O. The summed E-state index contributed by atoms with van der Waals surface area (Å²) in [6.45, 7) is 4.74. The molecule has 0 bridgehead atoms. The van der Waals surface area contributed by atoms with E-state index in [1.165, 1.54) is 4.90 Å². The van der Waals surface area contributed by atoms with Crippen LogP contribution in [0.15, 0.2) is 42.1 Å². The second-order valence-corrected chi connectivity index (χ2v) is 7.38. The molecule has 0 aliphatic carbocycles. The highest BCUT2D eigenvalue weighted by Gasteiger charge is 2.39. The van der Waals surface area contributed by atoms with E-state index < -0.39 is 0 Å². The number of amides is 2. The molecule has 1 heterocycles. The zero-order valence-corrected chi connectivity index (χ0v) is 18.6. The summed E-state index contributed by atoms with van der Waals surface area (Å²) in [7, 11) is 4.70. The fourth-order valence-electron chi connectivity index (χ4n) is 3.45. The third kappa shape index (κ3) is 4.72. The van der Waals surface area contributed by atoms with E-state index in [1.54, 1.807) is 39.5 Å². The van der Waals surface area contributed by atoms with E-state index in [4.69, 9.17) is 14.2 Å². The Morgan fingerprint density at radius 3 is 2.13 bits per heavy atom. The van der Waals surface area contributed by atoms with Crippen molar-refractivity contribution < 1.29 is 23.8 Å². The number of methoxy groups -OCH3 is 3. The number of ether oxygens (including phenoxy) is 3. The van der Waals surface area contributed by atoms with Gasteiger partial charge in [-0.25, -0.2) is 0 Å². The molecule has 0 fully saturated rings. The zero-order chi connectivity index (χ0) is 22.5. The van der Waals surface area contributed by atoms with Crippen LogP contribution in [0, 0.1) is 13.8 Å². The molecule has 1 aliphatic rings. The van der Waals surface area contributed by atoms with Gasteiger partial charge in [0.25, 0.3) is 11.8 Å². The van der Waals surface area contributed by atoms with Gasteiger partial charge in [-0.3, -0.25) is 14.5 Å². The number of carbonyl (C=O) groups excluding carboxylic acids is 2. The summed E-state index contributed by atoms with van der Waals surface area (Å²) in [5.41, 5.74) is 4.05. The van der Waals surface area contributed by atoms with Crippen molar-refractivity contribution in [3.8, 4) is 11.5 Å². The molecule has 0 aromatic heterocycles. The number of aryl methyl sites for hydroxylation is 2. The lowest BCUT2D eigenvalue weighted by Crippen LogP contribution is -2.33. The van der Waals surface area contributed by atoms with Gasteiger partial charge in [0.15, 0.2) is 0 Å². The average molecular weight is 424 g/mol. The summed E-state index contributed by atoms with van der Waals surface area (Å²) in [6, 6.07) is 11.0. The van der Waals surface area contributed by atoms with E-state index in [0.29, 0.717) is 41.4 Å². The van der Waals surface area contributed by atoms with Crippen molar-refractivity contribution in [2.24, 2.45) is 0 Å². The number of rotatable bonds is 9. The van der Waals surface area contributed by atoms with Crippen molar-refractivity contribution in [2.45, 2.75) is 20.3 Å². The van der Waals surface area contributed by atoms with E-state index in [9.17, 15) is 9.59 Å². The monoisotopic (exact) mass is 424 g/mol. The van der Waals surface area contributed by atoms with Crippen LogP contribution in [-0.2, 0) is 14.3 Å². The molecule has 31 heavy (non-hydrogen) atoms. The van der Waals surface area contributed by atoms with E-state index in [1.807, 2.05) is 32.0 Å². The van der Waals surface area contributed by atoms with Crippen molar-refractivity contribution in [1.82, 2.24) is 4.90 Å². The molecule has 2 amide bonds. The van der Waals surface area contributed by atoms with Crippen LogP contribution in [0.25, 0.3) is 5.57 Å². The van der Waals surface area contributed by atoms with Crippen molar-refractivity contribution in [2.75, 3.05) is 39.8 Å². The van der Waals surface area contributed by atoms with E-state index >= 15 is 0 Å². The van der Waals surface area contributed by atoms with Crippen LogP contribution in [0.3, 0.4) is 0 Å². The quantitative estimate of drug-likeness (QED) is 0.490. The first-order valence-electron chi connectivity index (χ1n) is 10.1. The van der Waals surface area contributed by atoms with Crippen LogP contribution < -0.4 is 14.8 Å². The van der Waals surface area contributed by atoms with Gasteiger partial charge in [-0.05, 0) is 37.0 Å². The molecule has 2 aromatic rings. The maximum atomic E-state index is 13.3. The Morgan fingerprint density at radius 2 is 1.55 bits per heavy atom. The molecule has 7 heteroatoms. The van der Waals surface area contributed by atoms with Gasteiger partial charge in [0.2, 0.25) is 0 Å². The Hall–Kier alpha value is -3.32. The van der Waals surface area contributed by atoms with Crippen molar-refractivity contribution in [3.63, 3.8) is 0 Å². The number of carbonyl (C=O) groups is 2. The minimum Gasteiger partial charge on any atom is -0.497 e. The number of nitrogens with zero attached hydrogens (tertiary/aromatic N) is 1. The molecule has 0 radical (unpaired) electrons. The predicted molar refractivity (Wildman–Crippen MR) is 119 cm³/mol. The summed E-state index contributed by atoms with van der Waals surface area (Å²) in [6.07, 6.45) is 0.564. The lowest BCUT2D eigenvalue weighted by atomic mass is 9.99. The number of hydrogen-bond acceptors (Lipinski definition) is 6. The summed E-state index contributed by atoms with van der Waals surface area (Å²) >= 11 is 0. The number of hydrogen-bond donors (Lipinski definition) is 1. The number of imide groups is 1. The second kappa shape index (κ2) is 9.66. The van der Waals surface area contributed by atoms with Gasteiger partial charge in [-0.15, -0.1) is 0 Å². The third-order valence-corrected chi connectivity index (χ3v) is 5.31. The largest absolute Gasteiger partial charge is 0.497 e. The lowest BCUT2D eigenvalue weighted by molar-refractivity contribution is -0.136. The molecule has 2 aromatic carbocycles. The van der Waals surface area contributed by atoms with Gasteiger partial charge in [-0.2, -0.15) is 0 Å². The van der Waals surface area contributed by atoms with Crippen molar-refractivity contribution in [1.29, 1.82) is 0 Å². The molecule has 0 saturated heterocycles. The van der Waals surface area contributed by atoms with Crippen LogP contribution in [0.5, 0.6) is 11.5 Å². The standard InChI is InChI=1S/C24H28N2O5/c1-15-7-8-17(11-16(15)2)21-22(24(28)26(23(21)27)9-6-10-29-3)25-18-12-19(30-4)14-20(13-18)31-5/h7-8,11-14,25H,6,9-10H2,1-5H3. The molecule has 7 nitrogen and oxygen atoms in total. The summed E-state index contributed by atoms with van der Waals surface area (Å²) in [4.78, 5) is 27.8. The Bertz CT molecular complexity index is 1010. The minimum atomic E-state index is -0.365. The first kappa shape index (κ1) is 22.4. The Balaban J connectivity index is 2.06. The number of anilines is 1. The van der Waals surface area contributed by atoms with Gasteiger partial charge in [0, 0.05) is 44.1 Å². The van der Waals surface area contributed by atoms with Gasteiger partial charge in [-0.1, -0.05) is 18.2 Å². The van der Waals surface area contributed by atoms with Crippen molar-refractivity contribution in [3.05, 3.63) is 58.8 Å². The maximum Gasteiger partial charge on any atom is 0.278 e. The first-order valence-corrected chi connectivity index (χ1v) is 10.1. The van der Waals surface area contributed by atoms with Crippen molar-refractivity contribution >= 4 is 23.1 Å². The smallest absolute Gasteiger partial charge is 0.278 e. The van der Waals surface area contributed by atoms with E-state index in [2.05, 4.69) is 5.32 Å². The highest BCUT2D eigenvalue weighted by atomic mass is 16.5. The summed E-state index contributed by atoms with van der Waals surface area (Å²) in [5, 5.41) is 3.15. The average Bonchev–Trinajstić information content (AvgIpc) is 2.99. The molecule has 0 atom stereocenters. The van der Waals surface area contributed by atoms with Crippen LogP contribution in [0.4, 0.5) is 5.69 Å². The van der Waals surface area contributed by atoms with Gasteiger partial charge < -0.3 is 19.5 Å². The van der Waals surface area contributed by atoms with Gasteiger partial charge in [0.05, 0.1) is 19.8 Å². The maximum absolute atomic E-state index is 13.3. The number of benzene rings is 2. The fourth-order valence-corrected chi connectivity index (χ4v) is 3.45. The van der Waals surface area contributed by atoms with E-state index in [-0.39, 0.29) is 24.1 Å². The first-order chi connectivity index (χ1) is 14.9. The Kier molecular flexibility index (Phi) is 6.97. The Morgan fingerprint density at radius 1 is 0.871 bits per heavy atom. The molecule has 0 spiro atoms. The highest BCUT2D eigenvalue weighted by molar-refractivity contribution is 6.36. The van der Waals surface area contributed by atoms with Crippen LogP contribution >= 0.6 is 0 Å². The van der Waals surface area contributed by atoms with Crippen LogP contribution in [0.1, 0.15) is 23.1 Å². The molecule has 0 saturated carbocycles. The molecular weight excluding hydrogens is 396 g/mol. The van der Waals surface area contributed by atoms with Gasteiger partial charge in [0.1, 0.15) is 17.2 Å². The van der Waals surface area contributed by atoms with Gasteiger partial charge >= 0.3 is 0 Å². The zero-order valence-electron chi connectivity index (χ0n) is 18.6. The topological polar surface area (TPSA) is 77.1 Å². The molecule has 1 N–H and O–H groups in total. The molecule has 3 rings (SSSR count). The van der Waals surface area contributed by atoms with Crippen LogP contribution in [0.2, 0.25) is 0 Å². The fraction of sp³-hybridized carbons (Fsp3) is 0.333. The number of nitrogens with one attached hydrogen (secondary N) is 1. The molecule has 1 aliphatic heterocycles. The molecule has 0 unspecified atom stereocenters. The predicted octanol–water partition coefficient (Wildman–Crippen LogP) is 3.55. The highest BCUT2D eigenvalue weighted by Crippen LogP contribution is 2.33. The van der Waals surface area contributed by atoms with E-state index in [0.717, 1.165) is 11.1 Å². The second-order valence-electron chi connectivity index (χ2n) is 7.38.